The molecule has 2 heterocycles. The molecule has 0 radical (unpaired) electrons. The van der Waals surface area contributed by atoms with E-state index >= 15 is 0 Å². The highest BCUT2D eigenvalue weighted by Gasteiger charge is 2.36. The van der Waals surface area contributed by atoms with E-state index in [0.29, 0.717) is 25.0 Å². The number of anilines is 1. The minimum absolute atomic E-state index is 0.219. The van der Waals surface area contributed by atoms with Crippen molar-refractivity contribution in [2.75, 3.05) is 31.6 Å². The van der Waals surface area contributed by atoms with Gasteiger partial charge in [-0.1, -0.05) is 0 Å². The normalized spacial score (nSPS) is 24.8. The third-order valence-corrected chi connectivity index (χ3v) is 4.41. The molecule has 3 rings (SSSR count). The lowest BCUT2D eigenvalue weighted by molar-refractivity contribution is 0.0594. The van der Waals surface area contributed by atoms with Gasteiger partial charge < -0.3 is 15.0 Å². The highest BCUT2D eigenvalue weighted by atomic mass is 19.2. The second-order valence-corrected chi connectivity index (χ2v) is 5.62. The molecule has 114 valence electrons. The first-order chi connectivity index (χ1) is 10.1. The number of carbonyl (C=O) groups excluding carboxylic acids is 1. The molecule has 2 atom stereocenters. The fourth-order valence-electron chi connectivity index (χ4n) is 3.29. The van der Waals surface area contributed by atoms with E-state index in [1.165, 1.54) is 12.1 Å². The maximum Gasteiger partial charge on any atom is 0.340 e. The summed E-state index contributed by atoms with van der Waals surface area (Å²) in [6.45, 7) is 2.36. The van der Waals surface area contributed by atoms with Crippen LogP contribution < -0.4 is 10.2 Å². The van der Waals surface area contributed by atoms with Crippen LogP contribution in [0.15, 0.2) is 12.1 Å². The first kappa shape index (κ1) is 14.3. The number of halogens is 2. The smallest absolute Gasteiger partial charge is 0.340 e. The fourth-order valence-corrected chi connectivity index (χ4v) is 3.29. The molecule has 21 heavy (non-hydrogen) atoms. The van der Waals surface area contributed by atoms with E-state index in [1.807, 2.05) is 4.90 Å². The van der Waals surface area contributed by atoms with Gasteiger partial charge in [-0.2, -0.15) is 0 Å². The van der Waals surface area contributed by atoms with Crippen LogP contribution in [0.2, 0.25) is 0 Å². The van der Waals surface area contributed by atoms with E-state index in [0.717, 1.165) is 26.5 Å². The molecule has 2 aliphatic heterocycles. The Kier molecular flexibility index (Phi) is 3.80. The fraction of sp³-hybridized carbons (Fsp3) is 0.533. The Labute approximate surface area is 122 Å². The second kappa shape index (κ2) is 5.60. The van der Waals surface area contributed by atoms with Crippen molar-refractivity contribution in [2.45, 2.75) is 18.9 Å². The first-order valence-electron chi connectivity index (χ1n) is 7.16. The summed E-state index contributed by atoms with van der Waals surface area (Å²) < 4.78 is 32.7. The largest absolute Gasteiger partial charge is 0.465 e. The van der Waals surface area contributed by atoms with Crippen molar-refractivity contribution in [1.29, 1.82) is 0 Å². The Morgan fingerprint density at radius 1 is 1.33 bits per heavy atom. The number of carbonyl (C=O) groups is 1. The average Bonchev–Trinajstić information content (AvgIpc) is 2.92. The molecular weight excluding hydrogens is 278 g/mol. The van der Waals surface area contributed by atoms with Crippen LogP contribution in [0.1, 0.15) is 23.2 Å². The predicted octanol–water partition coefficient (Wildman–Crippen LogP) is 1.94. The molecule has 1 aromatic carbocycles. The Hall–Kier alpha value is -1.69. The van der Waals surface area contributed by atoms with E-state index in [4.69, 9.17) is 0 Å². The van der Waals surface area contributed by atoms with Crippen molar-refractivity contribution in [1.82, 2.24) is 5.32 Å². The number of hydrogen-bond donors (Lipinski definition) is 1. The monoisotopic (exact) mass is 296 g/mol. The van der Waals surface area contributed by atoms with Gasteiger partial charge in [0.15, 0.2) is 11.6 Å². The third-order valence-electron chi connectivity index (χ3n) is 4.41. The first-order valence-corrected chi connectivity index (χ1v) is 7.16. The topological polar surface area (TPSA) is 41.6 Å². The zero-order chi connectivity index (χ0) is 15.0. The Morgan fingerprint density at radius 2 is 2.14 bits per heavy atom. The minimum atomic E-state index is -1.14. The van der Waals surface area contributed by atoms with Crippen LogP contribution in [0.25, 0.3) is 0 Å². The number of nitrogens with zero attached hydrogens (tertiary/aromatic N) is 1. The van der Waals surface area contributed by atoms with Crippen LogP contribution >= 0.6 is 0 Å². The summed E-state index contributed by atoms with van der Waals surface area (Å²) in [7, 11) is 1.14. The van der Waals surface area contributed by atoms with Gasteiger partial charge in [-0.15, -0.1) is 0 Å². The summed E-state index contributed by atoms with van der Waals surface area (Å²) in [4.78, 5) is 13.2. The molecule has 0 amide bonds. The zero-order valence-electron chi connectivity index (χ0n) is 11.9. The lowest BCUT2D eigenvalue weighted by Gasteiger charge is -2.24. The van der Waals surface area contributed by atoms with Crippen molar-refractivity contribution in [3.05, 3.63) is 29.3 Å². The molecule has 1 N–H and O–H groups in total. The van der Waals surface area contributed by atoms with Gasteiger partial charge in [0.25, 0.3) is 0 Å². The number of nitrogens with one attached hydrogen (secondary N) is 1. The molecule has 2 saturated heterocycles. The van der Waals surface area contributed by atoms with E-state index in [1.54, 1.807) is 0 Å². The molecule has 6 heteroatoms. The highest BCUT2D eigenvalue weighted by Crippen LogP contribution is 2.32. The molecule has 2 aliphatic rings. The van der Waals surface area contributed by atoms with Gasteiger partial charge in [-0.05, 0) is 37.4 Å². The predicted molar refractivity (Wildman–Crippen MR) is 74.4 cm³/mol. The van der Waals surface area contributed by atoms with E-state index in [-0.39, 0.29) is 11.3 Å². The molecule has 1 aromatic rings. The standard InChI is InChI=1S/C15H18F2N2O2/c1-21-15(20)10-4-5-12(14(17)13(10)16)19-7-9-3-2-6-18-11(9)8-19/h4-5,9,11,18H,2-3,6-8H2,1H3. The van der Waals surface area contributed by atoms with Crippen molar-refractivity contribution in [3.63, 3.8) is 0 Å². The summed E-state index contributed by atoms with van der Waals surface area (Å²) in [5, 5.41) is 3.42. The highest BCUT2D eigenvalue weighted by molar-refractivity contribution is 5.90. The molecule has 0 bridgehead atoms. The third kappa shape index (κ3) is 2.48. The number of fused-ring (bicyclic) bond motifs is 1. The van der Waals surface area contributed by atoms with Crippen LogP contribution in [0.4, 0.5) is 14.5 Å². The molecule has 0 aromatic heterocycles. The molecule has 0 aliphatic carbocycles. The number of esters is 1. The summed E-state index contributed by atoms with van der Waals surface area (Å²) in [6.07, 6.45) is 2.23. The van der Waals surface area contributed by atoms with Crippen molar-refractivity contribution in [3.8, 4) is 0 Å². The van der Waals surface area contributed by atoms with E-state index < -0.39 is 17.6 Å². The summed E-state index contributed by atoms with van der Waals surface area (Å²) in [5.74, 6) is -2.50. The quantitative estimate of drug-likeness (QED) is 0.847. The van der Waals surface area contributed by atoms with Crippen LogP contribution in [-0.2, 0) is 4.74 Å². The van der Waals surface area contributed by atoms with Gasteiger partial charge in [0.2, 0.25) is 0 Å². The Balaban J connectivity index is 1.86. The minimum Gasteiger partial charge on any atom is -0.465 e. The molecule has 0 spiro atoms. The maximum absolute atomic E-state index is 14.2. The van der Waals surface area contributed by atoms with Gasteiger partial charge in [-0.3, -0.25) is 0 Å². The van der Waals surface area contributed by atoms with Gasteiger partial charge in [0.1, 0.15) is 0 Å². The number of hydrogen-bond acceptors (Lipinski definition) is 4. The number of ether oxygens (including phenoxy) is 1. The van der Waals surface area contributed by atoms with Gasteiger partial charge in [0.05, 0.1) is 18.4 Å². The lowest BCUT2D eigenvalue weighted by atomic mass is 9.94. The number of piperidine rings is 1. The molecule has 4 nitrogen and oxygen atoms in total. The van der Waals surface area contributed by atoms with Gasteiger partial charge >= 0.3 is 5.97 Å². The van der Waals surface area contributed by atoms with Crippen molar-refractivity contribution < 1.29 is 18.3 Å². The van der Waals surface area contributed by atoms with Crippen LogP contribution in [0.5, 0.6) is 0 Å². The van der Waals surface area contributed by atoms with E-state index in [2.05, 4.69) is 10.1 Å². The molecule has 2 unspecified atom stereocenters. The van der Waals surface area contributed by atoms with Crippen LogP contribution in [0.3, 0.4) is 0 Å². The molecule has 2 fully saturated rings. The van der Waals surface area contributed by atoms with Crippen molar-refractivity contribution >= 4 is 11.7 Å². The number of methoxy groups -OCH3 is 1. The zero-order valence-corrected chi connectivity index (χ0v) is 11.9. The van der Waals surface area contributed by atoms with Gasteiger partial charge in [0, 0.05) is 19.1 Å². The SMILES string of the molecule is COC(=O)c1ccc(N2CC3CCCNC3C2)c(F)c1F. The van der Waals surface area contributed by atoms with Crippen LogP contribution in [-0.4, -0.2) is 38.8 Å². The van der Waals surface area contributed by atoms with Crippen LogP contribution in [0, 0.1) is 17.6 Å². The average molecular weight is 296 g/mol. The second-order valence-electron chi connectivity index (χ2n) is 5.62. The maximum atomic E-state index is 14.2. The summed E-state index contributed by atoms with van der Waals surface area (Å²) in [6, 6.07) is 3.08. The number of rotatable bonds is 2. The molecular formula is C15H18F2N2O2. The number of benzene rings is 1. The molecule has 0 saturated carbocycles. The Morgan fingerprint density at radius 3 is 2.86 bits per heavy atom. The summed E-state index contributed by atoms with van der Waals surface area (Å²) in [5.41, 5.74) is -0.148. The lowest BCUT2D eigenvalue weighted by Crippen LogP contribution is -2.40. The Bertz CT molecular complexity index is 551. The van der Waals surface area contributed by atoms with Gasteiger partial charge in [-0.25, -0.2) is 13.6 Å². The van der Waals surface area contributed by atoms with Crippen molar-refractivity contribution in [2.24, 2.45) is 5.92 Å². The van der Waals surface area contributed by atoms with E-state index in [9.17, 15) is 13.6 Å². The summed E-state index contributed by atoms with van der Waals surface area (Å²) >= 11 is 0.